The van der Waals surface area contributed by atoms with Gasteiger partial charge in [-0.25, -0.2) is 0 Å². The van der Waals surface area contributed by atoms with Crippen LogP contribution in [0.1, 0.15) is 138 Å². The average Bonchev–Trinajstić information content (AvgIpc) is 3.43. The van der Waals surface area contributed by atoms with Crippen molar-refractivity contribution in [3.05, 3.63) is 0 Å². The second-order valence-corrected chi connectivity index (χ2v) is 24.1. The maximum atomic E-state index is 14.8. The van der Waals surface area contributed by atoms with Crippen LogP contribution in [0.5, 0.6) is 0 Å². The topological polar surface area (TPSA) is 224 Å². The zero-order valence-electron chi connectivity index (χ0n) is 39.9. The average molecular weight is 900 g/mol. The molecule has 6 bridgehead atoms. The molecule has 3 aliphatic heterocycles. The fourth-order valence-corrected chi connectivity index (χ4v) is 14.6. The molecule has 15 nitrogen and oxygen atoms in total. The number of carbonyl (C=O) groups is 2. The van der Waals surface area contributed by atoms with Gasteiger partial charge in [-0.05, 0) is 104 Å². The van der Waals surface area contributed by atoms with Crippen LogP contribution in [0.15, 0.2) is 4.99 Å². The second kappa shape index (κ2) is 16.2. The van der Waals surface area contributed by atoms with E-state index >= 15 is 0 Å². The number of aliphatic imine (C=N–C) groups is 1. The Bertz CT molecular complexity index is 1780. The third-order valence-electron chi connectivity index (χ3n) is 19.4. The quantitative estimate of drug-likeness (QED) is 0.149. The maximum absolute atomic E-state index is 14.8. The molecule has 362 valence electrons. The summed E-state index contributed by atoms with van der Waals surface area (Å²) in [7, 11) is 0. The molecule has 3 heterocycles. The van der Waals surface area contributed by atoms with Crippen LogP contribution >= 0.6 is 0 Å². The molecule has 3 saturated heterocycles. The highest BCUT2D eigenvalue weighted by atomic mass is 16.7. The van der Waals surface area contributed by atoms with Gasteiger partial charge in [0.2, 0.25) is 0 Å². The zero-order valence-corrected chi connectivity index (χ0v) is 39.9. The fraction of sp³-hybridized carbons (Fsp3) is 0.939. The van der Waals surface area contributed by atoms with Crippen molar-refractivity contribution in [1.29, 1.82) is 0 Å². The van der Waals surface area contributed by atoms with Crippen LogP contribution in [0.3, 0.4) is 0 Å². The van der Waals surface area contributed by atoms with Crippen molar-refractivity contribution in [1.82, 2.24) is 0 Å². The van der Waals surface area contributed by atoms with Gasteiger partial charge in [-0.1, -0.05) is 46.5 Å². The molecular weight excluding hydrogens is 819 g/mol. The lowest BCUT2D eigenvalue weighted by Crippen LogP contribution is -2.68. The summed E-state index contributed by atoms with van der Waals surface area (Å²) in [6, 6.07) is 0. The minimum absolute atomic E-state index is 0.00850. The minimum atomic E-state index is -1.28. The summed E-state index contributed by atoms with van der Waals surface area (Å²) in [5, 5.41) is 0. The molecule has 0 aromatic rings. The summed E-state index contributed by atoms with van der Waals surface area (Å²) in [5.41, 5.74) is 20.4. The highest BCUT2D eigenvalue weighted by Crippen LogP contribution is 2.61. The summed E-state index contributed by atoms with van der Waals surface area (Å²) in [6.07, 6.45) is 12.7. The molecule has 6 saturated carbocycles. The highest BCUT2D eigenvalue weighted by Gasteiger charge is 2.65. The summed E-state index contributed by atoms with van der Waals surface area (Å²) in [4.78, 5) is 33.8. The Morgan fingerprint density at radius 3 is 1.55 bits per heavy atom. The number of carbonyl (C=O) groups excluding carboxylic acids is 2. The van der Waals surface area contributed by atoms with Gasteiger partial charge in [-0.3, -0.25) is 14.6 Å². The number of hydrogen-bond donors (Lipinski definition) is 4. The minimum Gasteiger partial charge on any atom is -0.464 e. The summed E-state index contributed by atoms with van der Waals surface area (Å²) in [5.74, 6) is -2.13. The number of ether oxygens (including phenoxy) is 8. The molecule has 64 heavy (non-hydrogen) atoms. The maximum Gasteiger partial charge on any atom is 0.312 e. The van der Waals surface area contributed by atoms with Gasteiger partial charge in [-0.2, -0.15) is 0 Å². The molecule has 9 aliphatic rings. The molecule has 9 rings (SSSR count). The summed E-state index contributed by atoms with van der Waals surface area (Å²) >= 11 is 0. The molecule has 0 aromatic carbocycles. The van der Waals surface area contributed by atoms with Crippen molar-refractivity contribution >= 4 is 18.7 Å². The number of hydrogen-bond acceptors (Lipinski definition) is 15. The van der Waals surface area contributed by atoms with Gasteiger partial charge in [0.1, 0.15) is 24.4 Å². The van der Waals surface area contributed by atoms with Gasteiger partial charge in [-0.15, -0.1) is 0 Å². The van der Waals surface area contributed by atoms with Crippen molar-refractivity contribution in [2.75, 3.05) is 52.9 Å². The molecule has 0 radical (unpaired) electrons. The Labute approximate surface area is 381 Å². The van der Waals surface area contributed by atoms with Crippen LogP contribution in [-0.4, -0.2) is 111 Å². The first-order valence-electron chi connectivity index (χ1n) is 24.9. The van der Waals surface area contributed by atoms with Gasteiger partial charge in [0.15, 0.2) is 17.4 Å². The van der Waals surface area contributed by atoms with Crippen LogP contribution in [0.2, 0.25) is 0 Å². The van der Waals surface area contributed by atoms with E-state index in [0.29, 0.717) is 43.9 Å². The summed E-state index contributed by atoms with van der Waals surface area (Å²) in [6.45, 7) is 17.2. The predicted octanol–water partition coefficient (Wildman–Crippen LogP) is 5.08. The van der Waals surface area contributed by atoms with Gasteiger partial charge >= 0.3 is 11.9 Å². The standard InChI is InChI=1S/C49H81N5O10/c1-31-17-34-11-8-12-35(18-34)47(31)62-28-43(29-63-47,26-57-38(55)44-15-9-13-36(21-44)48(32(2)19-44)59-23-40(4,50)41(5,51)24-60-48)27-58-39(56)45-16-10-14-37(22-45)49(33(3)20-45)61-25-42(6,54-7)46(52,53)30-64-49/h31-37H,7-30,50-53H2,1-6H3. The first-order chi connectivity index (χ1) is 30.0. The van der Waals surface area contributed by atoms with E-state index in [2.05, 4.69) is 32.5 Å². The number of nitrogens with two attached hydrogens (primary N) is 4. The third-order valence-corrected chi connectivity index (χ3v) is 19.4. The second-order valence-electron chi connectivity index (χ2n) is 24.1. The van der Waals surface area contributed by atoms with Gasteiger partial charge < -0.3 is 60.8 Å². The third kappa shape index (κ3) is 7.37. The van der Waals surface area contributed by atoms with Gasteiger partial charge in [0, 0.05) is 35.5 Å². The van der Waals surface area contributed by atoms with E-state index in [9.17, 15) is 9.59 Å². The molecule has 9 fully saturated rings. The summed E-state index contributed by atoms with van der Waals surface area (Å²) < 4.78 is 53.7. The van der Waals surface area contributed by atoms with E-state index in [1.54, 1.807) is 0 Å². The lowest BCUT2D eigenvalue weighted by molar-refractivity contribution is -0.368. The predicted molar refractivity (Wildman–Crippen MR) is 238 cm³/mol. The van der Waals surface area contributed by atoms with Crippen molar-refractivity contribution in [2.24, 2.45) is 85.6 Å². The Morgan fingerprint density at radius 1 is 0.578 bits per heavy atom. The lowest BCUT2D eigenvalue weighted by atomic mass is 9.56. The SMILES string of the molecule is C=NC1(C)COC2(OCC1(N)N)C(C)CC1(C(=O)OCC3(COC(=O)C45CCCC(C4)C4(OCC(C)(N)C(C)(N)CO4)C(C)C5)COC4(OC3)C(C)CC3CCCC4C3)CCCC2C1. The molecule has 13 unspecified atom stereocenters. The van der Waals surface area contributed by atoms with E-state index in [4.69, 9.17) is 60.8 Å². The molecular formula is C49H81N5O10. The number of fused-ring (bicyclic) bond motifs is 9. The van der Waals surface area contributed by atoms with Crippen LogP contribution in [0.25, 0.3) is 0 Å². The van der Waals surface area contributed by atoms with Crippen LogP contribution in [-0.2, 0) is 47.5 Å². The van der Waals surface area contributed by atoms with E-state index in [1.807, 2.05) is 20.8 Å². The number of rotatable bonds is 7. The first-order valence-corrected chi connectivity index (χ1v) is 24.9. The Balaban J connectivity index is 0.923. The smallest absolute Gasteiger partial charge is 0.312 e. The lowest BCUT2D eigenvalue weighted by Gasteiger charge is -2.57. The van der Waals surface area contributed by atoms with E-state index in [1.165, 1.54) is 12.8 Å². The Hall–Kier alpha value is -1.79. The Kier molecular flexibility index (Phi) is 11.9. The molecule has 0 aromatic heterocycles. The highest BCUT2D eigenvalue weighted by molar-refractivity contribution is 5.78. The van der Waals surface area contributed by atoms with Crippen LogP contribution in [0, 0.1) is 57.7 Å². The number of esters is 2. The molecule has 6 aliphatic carbocycles. The van der Waals surface area contributed by atoms with E-state index in [-0.39, 0.29) is 94.4 Å². The van der Waals surface area contributed by atoms with Crippen molar-refractivity contribution < 1.29 is 47.5 Å². The molecule has 15 heteroatoms. The van der Waals surface area contributed by atoms with E-state index < -0.39 is 55.9 Å². The zero-order chi connectivity index (χ0) is 45.8. The van der Waals surface area contributed by atoms with Gasteiger partial charge in [0.25, 0.3) is 0 Å². The fourth-order valence-electron chi connectivity index (χ4n) is 14.6. The van der Waals surface area contributed by atoms with Crippen molar-refractivity contribution in [2.45, 2.75) is 177 Å². The molecule has 0 amide bonds. The monoisotopic (exact) mass is 900 g/mol. The number of nitrogens with zero attached hydrogens (tertiary/aromatic N) is 1. The van der Waals surface area contributed by atoms with Crippen LogP contribution < -0.4 is 22.9 Å². The Morgan fingerprint density at radius 2 is 1.03 bits per heavy atom. The van der Waals surface area contributed by atoms with Crippen molar-refractivity contribution in [3.63, 3.8) is 0 Å². The molecule has 8 N–H and O–H groups in total. The first kappa shape index (κ1) is 47.3. The van der Waals surface area contributed by atoms with E-state index in [0.717, 1.165) is 51.4 Å². The van der Waals surface area contributed by atoms with Crippen molar-refractivity contribution in [3.8, 4) is 0 Å². The normalized spacial score (nSPS) is 52.3. The van der Waals surface area contributed by atoms with Crippen LogP contribution in [0.4, 0.5) is 0 Å². The molecule has 3 spiro atoms. The van der Waals surface area contributed by atoms with Gasteiger partial charge in [0.05, 0.1) is 67.0 Å². The molecule has 13 atom stereocenters. The largest absolute Gasteiger partial charge is 0.464 e.